The molecule has 0 N–H and O–H groups in total. The van der Waals surface area contributed by atoms with Crippen molar-refractivity contribution < 1.29 is 14.3 Å². The number of benzene rings is 2. The Labute approximate surface area is 169 Å². The van der Waals surface area contributed by atoms with Crippen molar-refractivity contribution in [2.45, 2.75) is 13.5 Å². The molecule has 6 heteroatoms. The second kappa shape index (κ2) is 9.76. The third kappa shape index (κ3) is 5.47. The highest BCUT2D eigenvalue weighted by Gasteiger charge is 2.12. The molecule has 0 unspecified atom stereocenters. The summed E-state index contributed by atoms with van der Waals surface area (Å²) in [6.07, 6.45) is 2.98. The maximum atomic E-state index is 11.9. The van der Waals surface area contributed by atoms with Gasteiger partial charge in [-0.05, 0) is 30.7 Å². The summed E-state index contributed by atoms with van der Waals surface area (Å²) in [5.74, 6) is 0.283. The number of rotatable bonds is 8. The maximum Gasteiger partial charge on any atom is 0.330 e. The molecular weight excluding hydrogens is 376 g/mol. The highest BCUT2D eigenvalue weighted by molar-refractivity contribution is 6.31. The van der Waals surface area contributed by atoms with Gasteiger partial charge in [-0.1, -0.05) is 60.1 Å². The summed E-state index contributed by atoms with van der Waals surface area (Å²) in [6.45, 7) is 2.87. The molecule has 28 heavy (non-hydrogen) atoms. The van der Waals surface area contributed by atoms with Crippen LogP contribution in [0.1, 0.15) is 16.8 Å². The second-order valence-electron chi connectivity index (χ2n) is 6.10. The molecular formula is C22H21ClN2O3. The third-order valence-corrected chi connectivity index (χ3v) is 4.41. The number of aromatic nitrogens is 2. The van der Waals surface area contributed by atoms with Crippen molar-refractivity contribution in [1.29, 1.82) is 0 Å². The third-order valence-electron chi connectivity index (χ3n) is 4.01. The first-order chi connectivity index (χ1) is 13.6. The van der Waals surface area contributed by atoms with Gasteiger partial charge in [0, 0.05) is 11.6 Å². The van der Waals surface area contributed by atoms with Crippen LogP contribution in [0.5, 0.6) is 5.75 Å². The number of nitrogens with zero attached hydrogens (tertiary/aromatic N) is 2. The molecule has 0 radical (unpaired) electrons. The highest BCUT2D eigenvalue weighted by Crippen LogP contribution is 2.22. The van der Waals surface area contributed by atoms with Gasteiger partial charge >= 0.3 is 5.97 Å². The summed E-state index contributed by atoms with van der Waals surface area (Å²) in [4.78, 5) is 11.9. The fourth-order valence-electron chi connectivity index (χ4n) is 2.64. The Morgan fingerprint density at radius 2 is 1.75 bits per heavy atom. The van der Waals surface area contributed by atoms with E-state index in [-0.39, 0.29) is 6.61 Å². The van der Waals surface area contributed by atoms with Crippen LogP contribution in [0.3, 0.4) is 0 Å². The zero-order chi connectivity index (χ0) is 19.8. The molecule has 0 fully saturated rings. The van der Waals surface area contributed by atoms with Crippen molar-refractivity contribution in [1.82, 2.24) is 9.78 Å². The zero-order valence-electron chi connectivity index (χ0n) is 15.5. The molecule has 0 amide bonds. The van der Waals surface area contributed by atoms with Crippen LogP contribution in [-0.2, 0) is 16.1 Å². The lowest BCUT2D eigenvalue weighted by molar-refractivity contribution is -0.138. The van der Waals surface area contributed by atoms with Gasteiger partial charge in [-0.15, -0.1) is 0 Å². The van der Waals surface area contributed by atoms with Gasteiger partial charge in [-0.2, -0.15) is 5.10 Å². The van der Waals surface area contributed by atoms with E-state index >= 15 is 0 Å². The first-order valence-electron chi connectivity index (χ1n) is 8.93. The van der Waals surface area contributed by atoms with Crippen LogP contribution in [-0.4, -0.2) is 29.0 Å². The number of hydrogen-bond donors (Lipinski definition) is 0. The highest BCUT2D eigenvalue weighted by atomic mass is 35.5. The molecule has 144 valence electrons. The number of carbonyl (C=O) groups excluding carboxylic acids is 1. The van der Waals surface area contributed by atoms with E-state index < -0.39 is 5.97 Å². The Morgan fingerprint density at radius 3 is 2.46 bits per heavy atom. The summed E-state index contributed by atoms with van der Waals surface area (Å²) in [6, 6.07) is 19.3. The SMILES string of the molecule is Cc1nn(Cc2ccccc2)c(Cl)c1/C=C/C(=O)OCCOc1ccccc1. The quantitative estimate of drug-likeness (QED) is 0.319. The van der Waals surface area contributed by atoms with E-state index in [9.17, 15) is 4.79 Å². The summed E-state index contributed by atoms with van der Waals surface area (Å²) < 4.78 is 12.3. The van der Waals surface area contributed by atoms with Gasteiger partial charge in [-0.25, -0.2) is 9.48 Å². The van der Waals surface area contributed by atoms with E-state index in [2.05, 4.69) is 5.10 Å². The van der Waals surface area contributed by atoms with Crippen molar-refractivity contribution in [3.05, 3.63) is 88.7 Å². The standard InChI is InChI=1S/C22H21ClN2O3/c1-17-20(22(23)25(24-17)16-18-8-4-2-5-9-18)12-13-21(26)28-15-14-27-19-10-6-3-7-11-19/h2-13H,14-16H2,1H3/b13-12+. The summed E-state index contributed by atoms with van der Waals surface area (Å²) in [7, 11) is 0. The van der Waals surface area contributed by atoms with Gasteiger partial charge in [0.2, 0.25) is 0 Å². The van der Waals surface area contributed by atoms with Gasteiger partial charge in [0.15, 0.2) is 0 Å². The van der Waals surface area contributed by atoms with E-state index in [0.717, 1.165) is 17.0 Å². The molecule has 0 atom stereocenters. The van der Waals surface area contributed by atoms with Crippen LogP contribution in [0.4, 0.5) is 0 Å². The summed E-state index contributed by atoms with van der Waals surface area (Å²) >= 11 is 6.43. The Bertz CT molecular complexity index is 937. The molecule has 0 aliphatic carbocycles. The largest absolute Gasteiger partial charge is 0.490 e. The van der Waals surface area contributed by atoms with E-state index in [0.29, 0.717) is 23.9 Å². The van der Waals surface area contributed by atoms with E-state index in [1.54, 1.807) is 10.8 Å². The van der Waals surface area contributed by atoms with Gasteiger partial charge in [0.1, 0.15) is 24.1 Å². The van der Waals surface area contributed by atoms with E-state index in [4.69, 9.17) is 21.1 Å². The lowest BCUT2D eigenvalue weighted by Crippen LogP contribution is -2.10. The molecule has 0 bridgehead atoms. The average molecular weight is 397 g/mol. The summed E-state index contributed by atoms with van der Waals surface area (Å²) in [5, 5.41) is 4.94. The van der Waals surface area contributed by atoms with E-state index in [1.807, 2.05) is 67.6 Å². The Hall–Kier alpha value is -3.05. The van der Waals surface area contributed by atoms with Crippen LogP contribution >= 0.6 is 11.6 Å². The van der Waals surface area contributed by atoms with Crippen molar-refractivity contribution in [3.8, 4) is 5.75 Å². The predicted octanol–water partition coefficient (Wildman–Crippen LogP) is 4.53. The van der Waals surface area contributed by atoms with Gasteiger partial charge < -0.3 is 9.47 Å². The molecule has 1 aromatic heterocycles. The Balaban J connectivity index is 1.52. The van der Waals surface area contributed by atoms with Crippen molar-refractivity contribution in [2.24, 2.45) is 0 Å². The monoisotopic (exact) mass is 396 g/mol. The fourth-order valence-corrected chi connectivity index (χ4v) is 2.93. The van der Waals surface area contributed by atoms with Crippen molar-refractivity contribution in [2.75, 3.05) is 13.2 Å². The van der Waals surface area contributed by atoms with Crippen LogP contribution in [0.15, 0.2) is 66.7 Å². The maximum absolute atomic E-state index is 11.9. The average Bonchev–Trinajstić information content (AvgIpc) is 2.98. The molecule has 0 saturated carbocycles. The smallest absolute Gasteiger partial charge is 0.330 e. The number of para-hydroxylation sites is 1. The number of aryl methyl sites for hydroxylation is 1. The van der Waals surface area contributed by atoms with Gasteiger partial charge in [0.25, 0.3) is 0 Å². The normalized spacial score (nSPS) is 10.9. The zero-order valence-corrected chi connectivity index (χ0v) is 16.3. The summed E-state index contributed by atoms with van der Waals surface area (Å²) in [5.41, 5.74) is 2.55. The minimum absolute atomic E-state index is 0.165. The molecule has 1 heterocycles. The molecule has 0 aliphatic rings. The lowest BCUT2D eigenvalue weighted by atomic mass is 10.2. The number of ether oxygens (including phenoxy) is 2. The fraction of sp³-hybridized carbons (Fsp3) is 0.182. The number of carbonyl (C=O) groups is 1. The Morgan fingerprint density at radius 1 is 1.07 bits per heavy atom. The first-order valence-corrected chi connectivity index (χ1v) is 9.31. The van der Waals surface area contributed by atoms with E-state index in [1.165, 1.54) is 6.08 Å². The minimum atomic E-state index is -0.456. The minimum Gasteiger partial charge on any atom is -0.490 e. The molecule has 2 aromatic carbocycles. The number of esters is 1. The van der Waals surface area contributed by atoms with Crippen LogP contribution in [0.25, 0.3) is 6.08 Å². The molecule has 5 nitrogen and oxygen atoms in total. The van der Waals surface area contributed by atoms with Crippen LogP contribution in [0.2, 0.25) is 5.15 Å². The molecule has 3 aromatic rings. The molecule has 3 rings (SSSR count). The van der Waals surface area contributed by atoms with Gasteiger partial charge in [-0.3, -0.25) is 0 Å². The second-order valence-corrected chi connectivity index (χ2v) is 6.45. The number of hydrogen-bond acceptors (Lipinski definition) is 4. The molecule has 0 spiro atoms. The van der Waals surface area contributed by atoms with Gasteiger partial charge in [0.05, 0.1) is 12.2 Å². The molecule has 0 saturated heterocycles. The number of halogens is 1. The lowest BCUT2D eigenvalue weighted by Gasteiger charge is -2.05. The topological polar surface area (TPSA) is 53.4 Å². The van der Waals surface area contributed by atoms with Crippen molar-refractivity contribution >= 4 is 23.6 Å². The Kier molecular flexibility index (Phi) is 6.87. The predicted molar refractivity (Wildman–Crippen MR) is 109 cm³/mol. The first kappa shape index (κ1) is 19.7. The van der Waals surface area contributed by atoms with Crippen molar-refractivity contribution in [3.63, 3.8) is 0 Å². The molecule has 0 aliphatic heterocycles. The van der Waals surface area contributed by atoms with Crippen LogP contribution in [0, 0.1) is 6.92 Å². The van der Waals surface area contributed by atoms with Crippen LogP contribution < -0.4 is 4.74 Å².